The van der Waals surface area contributed by atoms with E-state index in [0.717, 1.165) is 19.4 Å². The predicted molar refractivity (Wildman–Crippen MR) is 75.2 cm³/mol. The molecule has 3 rings (SSSR count). The first-order valence-electron chi connectivity index (χ1n) is 7.46. The zero-order valence-electron chi connectivity index (χ0n) is 11.3. The molecule has 0 aromatic rings. The molecule has 0 radical (unpaired) electrons. The van der Waals surface area contributed by atoms with Gasteiger partial charge in [-0.05, 0) is 31.6 Å². The molecule has 1 amide bonds. The summed E-state index contributed by atoms with van der Waals surface area (Å²) in [6.45, 7) is 0.800. The molecule has 2 fully saturated rings. The highest BCUT2D eigenvalue weighted by Crippen LogP contribution is 2.30. The van der Waals surface area contributed by atoms with Gasteiger partial charge >= 0.3 is 0 Å². The fraction of sp³-hybridized carbons (Fsp3) is 0.667. The Morgan fingerprint density at radius 3 is 3.00 bits per heavy atom. The minimum atomic E-state index is 0.105. The highest BCUT2D eigenvalue weighted by molar-refractivity contribution is 5.81. The molecule has 0 saturated carbocycles. The Morgan fingerprint density at radius 1 is 1.16 bits per heavy atom. The first-order valence-corrected chi connectivity index (χ1v) is 7.46. The zero-order chi connectivity index (χ0) is 13.1. The summed E-state index contributed by atoms with van der Waals surface area (Å²) < 4.78 is 0. The molecular weight excluding hydrogens is 238 g/mol. The number of rotatable bonds is 0. The summed E-state index contributed by atoms with van der Waals surface area (Å²) in [5, 5.41) is 3.58. The molecule has 2 saturated heterocycles. The van der Waals surface area contributed by atoms with E-state index < -0.39 is 0 Å². The first kappa shape index (κ1) is 12.9. The van der Waals surface area contributed by atoms with Gasteiger partial charge in [-0.2, -0.15) is 0 Å². The third-order valence-corrected chi connectivity index (χ3v) is 4.64. The van der Waals surface area contributed by atoms with Crippen molar-refractivity contribution in [1.29, 1.82) is 0 Å². The van der Waals surface area contributed by atoms with Crippen LogP contribution in [0, 0.1) is 11.8 Å². The molecule has 4 unspecified atom stereocenters. The Kier molecular flexibility index (Phi) is 3.99. The Balaban J connectivity index is 1.74. The molecule has 0 bridgehead atoms. The molecule has 0 spiro atoms. The van der Waals surface area contributed by atoms with Gasteiger partial charge in [-0.1, -0.05) is 30.7 Å². The maximum atomic E-state index is 11.8. The molecule has 4 heteroatoms. The van der Waals surface area contributed by atoms with Crippen molar-refractivity contribution in [3.05, 3.63) is 24.3 Å². The standard InChI is InChI=1S/C15H23N3O/c19-15-12-10-16-13-9-7-5-3-1-2-4-6-8-11(13)14(12)17-18-15/h1,3,5,7,11-14,16-17H,2,4,6,8-10H2,(H,18,19). The van der Waals surface area contributed by atoms with E-state index in [9.17, 15) is 4.79 Å². The summed E-state index contributed by atoms with van der Waals surface area (Å²) in [6.07, 6.45) is 14.7. The molecule has 3 aliphatic rings. The number of hydrazine groups is 1. The zero-order valence-corrected chi connectivity index (χ0v) is 11.3. The predicted octanol–water partition coefficient (Wildman–Crippen LogP) is 1.27. The number of hydrogen-bond donors (Lipinski definition) is 3. The second-order valence-corrected chi connectivity index (χ2v) is 5.82. The van der Waals surface area contributed by atoms with Gasteiger partial charge in [0.1, 0.15) is 0 Å². The van der Waals surface area contributed by atoms with Crippen molar-refractivity contribution in [3.63, 3.8) is 0 Å². The molecule has 2 heterocycles. The normalized spacial score (nSPS) is 39.1. The monoisotopic (exact) mass is 261 g/mol. The molecule has 4 nitrogen and oxygen atoms in total. The van der Waals surface area contributed by atoms with E-state index in [2.05, 4.69) is 40.5 Å². The van der Waals surface area contributed by atoms with E-state index >= 15 is 0 Å². The van der Waals surface area contributed by atoms with Gasteiger partial charge in [0, 0.05) is 18.6 Å². The maximum Gasteiger partial charge on any atom is 0.240 e. The largest absolute Gasteiger partial charge is 0.312 e. The average molecular weight is 261 g/mol. The van der Waals surface area contributed by atoms with Gasteiger partial charge in [-0.3, -0.25) is 10.2 Å². The number of carbonyl (C=O) groups is 1. The van der Waals surface area contributed by atoms with Crippen LogP contribution in [0.1, 0.15) is 32.1 Å². The summed E-state index contributed by atoms with van der Waals surface area (Å²) in [5.41, 5.74) is 6.04. The Morgan fingerprint density at radius 2 is 2.05 bits per heavy atom. The first-order chi connectivity index (χ1) is 9.36. The minimum absolute atomic E-state index is 0.105. The van der Waals surface area contributed by atoms with Crippen LogP contribution in [0.2, 0.25) is 0 Å². The van der Waals surface area contributed by atoms with Crippen molar-refractivity contribution in [2.75, 3.05) is 6.54 Å². The highest BCUT2D eigenvalue weighted by Gasteiger charge is 2.45. The van der Waals surface area contributed by atoms with Crippen LogP contribution in [0.15, 0.2) is 24.3 Å². The third kappa shape index (κ3) is 2.74. The van der Waals surface area contributed by atoms with Gasteiger partial charge in [0.25, 0.3) is 0 Å². The van der Waals surface area contributed by atoms with Crippen LogP contribution in [0.3, 0.4) is 0 Å². The number of carbonyl (C=O) groups excluding carboxylic acids is 1. The highest BCUT2D eigenvalue weighted by atomic mass is 16.2. The lowest BCUT2D eigenvalue weighted by atomic mass is 9.76. The number of hydrogen-bond acceptors (Lipinski definition) is 3. The summed E-state index contributed by atoms with van der Waals surface area (Å²) in [4.78, 5) is 11.8. The van der Waals surface area contributed by atoms with Crippen LogP contribution in [-0.2, 0) is 4.79 Å². The van der Waals surface area contributed by atoms with E-state index in [1.54, 1.807) is 0 Å². The van der Waals surface area contributed by atoms with Crippen molar-refractivity contribution >= 4 is 5.91 Å². The maximum absolute atomic E-state index is 11.8. The second-order valence-electron chi connectivity index (χ2n) is 5.82. The molecular formula is C15H23N3O. The van der Waals surface area contributed by atoms with Crippen molar-refractivity contribution < 1.29 is 4.79 Å². The molecule has 3 N–H and O–H groups in total. The van der Waals surface area contributed by atoms with Gasteiger partial charge in [-0.25, -0.2) is 5.43 Å². The van der Waals surface area contributed by atoms with Crippen LogP contribution in [0.4, 0.5) is 0 Å². The lowest BCUT2D eigenvalue weighted by Gasteiger charge is -2.39. The Labute approximate surface area is 114 Å². The summed E-state index contributed by atoms with van der Waals surface area (Å²) in [6, 6.07) is 0.796. The van der Waals surface area contributed by atoms with Crippen molar-refractivity contribution in [2.45, 2.75) is 44.2 Å². The number of fused-ring (bicyclic) bond motifs is 3. The molecule has 0 aromatic carbocycles. The Bertz CT molecular complexity index is 391. The van der Waals surface area contributed by atoms with Crippen LogP contribution >= 0.6 is 0 Å². The van der Waals surface area contributed by atoms with Crippen LogP contribution in [0.5, 0.6) is 0 Å². The van der Waals surface area contributed by atoms with Crippen molar-refractivity contribution in [1.82, 2.24) is 16.2 Å². The molecule has 0 aromatic heterocycles. The minimum Gasteiger partial charge on any atom is -0.312 e. The van der Waals surface area contributed by atoms with Gasteiger partial charge in [0.05, 0.1) is 5.92 Å². The molecule has 19 heavy (non-hydrogen) atoms. The molecule has 1 aliphatic carbocycles. The Hall–Kier alpha value is -1.13. The molecule has 104 valence electrons. The topological polar surface area (TPSA) is 53.2 Å². The van der Waals surface area contributed by atoms with E-state index in [-0.39, 0.29) is 11.8 Å². The third-order valence-electron chi connectivity index (χ3n) is 4.64. The van der Waals surface area contributed by atoms with Crippen LogP contribution in [-0.4, -0.2) is 24.5 Å². The SMILES string of the molecule is O=C1NNC2C1CNC1CC=CC=CCCCCC12. The van der Waals surface area contributed by atoms with Gasteiger partial charge in [0.15, 0.2) is 0 Å². The number of nitrogens with one attached hydrogen (secondary N) is 3. The molecule has 4 atom stereocenters. The van der Waals surface area contributed by atoms with Crippen molar-refractivity contribution in [3.8, 4) is 0 Å². The van der Waals surface area contributed by atoms with E-state index in [1.165, 1.54) is 19.3 Å². The quantitative estimate of drug-likeness (QED) is 0.615. The lowest BCUT2D eigenvalue weighted by molar-refractivity contribution is -0.123. The number of piperidine rings is 1. The smallest absolute Gasteiger partial charge is 0.240 e. The van der Waals surface area contributed by atoms with E-state index in [0.29, 0.717) is 18.0 Å². The van der Waals surface area contributed by atoms with Gasteiger partial charge in [-0.15, -0.1) is 0 Å². The van der Waals surface area contributed by atoms with Gasteiger partial charge < -0.3 is 5.32 Å². The fourth-order valence-electron chi connectivity index (χ4n) is 3.58. The van der Waals surface area contributed by atoms with Crippen molar-refractivity contribution in [2.24, 2.45) is 11.8 Å². The van der Waals surface area contributed by atoms with Crippen LogP contribution in [0.25, 0.3) is 0 Å². The van der Waals surface area contributed by atoms with E-state index in [4.69, 9.17) is 0 Å². The van der Waals surface area contributed by atoms with E-state index in [1.807, 2.05) is 0 Å². The summed E-state index contributed by atoms with van der Waals surface area (Å²) in [7, 11) is 0. The lowest BCUT2D eigenvalue weighted by Crippen LogP contribution is -2.56. The second kappa shape index (κ2) is 5.88. The average Bonchev–Trinajstić information content (AvgIpc) is 2.77. The number of amides is 1. The summed E-state index contributed by atoms with van der Waals surface area (Å²) in [5.74, 6) is 0.802. The number of allylic oxidation sites excluding steroid dienone is 3. The fourth-order valence-corrected chi connectivity index (χ4v) is 3.58. The van der Waals surface area contributed by atoms with Gasteiger partial charge in [0.2, 0.25) is 5.91 Å². The molecule has 2 aliphatic heterocycles. The summed E-state index contributed by atoms with van der Waals surface area (Å²) >= 11 is 0. The van der Waals surface area contributed by atoms with Crippen LogP contribution < -0.4 is 16.2 Å².